The van der Waals surface area contributed by atoms with Gasteiger partial charge in [0.1, 0.15) is 5.54 Å². The van der Waals surface area contributed by atoms with Gasteiger partial charge in [0.2, 0.25) is 0 Å². The van der Waals surface area contributed by atoms with E-state index in [-0.39, 0.29) is 12.1 Å². The van der Waals surface area contributed by atoms with Crippen molar-refractivity contribution in [3.8, 4) is 0 Å². The molecule has 0 bridgehead atoms. The van der Waals surface area contributed by atoms with E-state index in [1.54, 1.807) is 7.11 Å². The van der Waals surface area contributed by atoms with Gasteiger partial charge in [0.15, 0.2) is 0 Å². The summed E-state index contributed by atoms with van der Waals surface area (Å²) in [6.45, 7) is 5.15. The molecule has 0 aromatic carbocycles. The van der Waals surface area contributed by atoms with Crippen LogP contribution in [0.5, 0.6) is 0 Å². The molecule has 1 fully saturated rings. The highest BCUT2D eigenvalue weighted by atomic mass is 16.5. The summed E-state index contributed by atoms with van der Waals surface area (Å²) < 4.78 is 21.0. The number of ether oxygens (including phenoxy) is 4. The van der Waals surface area contributed by atoms with Crippen LogP contribution in [-0.4, -0.2) is 64.8 Å². The van der Waals surface area contributed by atoms with Gasteiger partial charge in [0, 0.05) is 13.5 Å². The summed E-state index contributed by atoms with van der Waals surface area (Å²) in [6.07, 6.45) is 3.35. The van der Waals surface area contributed by atoms with E-state index >= 15 is 0 Å². The molecule has 1 rings (SSSR count). The molecule has 6 heteroatoms. The Labute approximate surface area is 127 Å². The van der Waals surface area contributed by atoms with E-state index in [1.165, 1.54) is 7.11 Å². The molecular weight excluding hydrogens is 274 g/mol. The molecular formula is C15H29NO5. The van der Waals surface area contributed by atoms with E-state index in [2.05, 4.69) is 12.2 Å². The van der Waals surface area contributed by atoms with Crippen molar-refractivity contribution in [1.29, 1.82) is 0 Å². The van der Waals surface area contributed by atoms with Crippen molar-refractivity contribution in [2.24, 2.45) is 0 Å². The summed E-state index contributed by atoms with van der Waals surface area (Å²) in [5.74, 6) is -0.182. The van der Waals surface area contributed by atoms with Gasteiger partial charge in [-0.15, -0.1) is 0 Å². The molecule has 2 atom stereocenters. The van der Waals surface area contributed by atoms with Gasteiger partial charge in [-0.1, -0.05) is 6.92 Å². The molecule has 1 aliphatic carbocycles. The van der Waals surface area contributed by atoms with Crippen molar-refractivity contribution in [3.05, 3.63) is 0 Å². The predicted octanol–water partition coefficient (Wildman–Crippen LogP) is 1.13. The molecule has 21 heavy (non-hydrogen) atoms. The number of esters is 1. The zero-order valence-corrected chi connectivity index (χ0v) is 13.5. The molecule has 0 amide bonds. The second kappa shape index (κ2) is 10.1. The minimum absolute atomic E-state index is 0.0829. The third-order valence-electron chi connectivity index (χ3n) is 3.77. The molecule has 6 nitrogen and oxygen atoms in total. The lowest BCUT2D eigenvalue weighted by Gasteiger charge is -2.27. The summed E-state index contributed by atoms with van der Waals surface area (Å²) in [5, 5.41) is 3.34. The number of carbonyl (C=O) groups excluding carboxylic acids is 1. The Kier molecular flexibility index (Phi) is 8.84. The molecule has 0 spiro atoms. The number of hydrogen-bond donors (Lipinski definition) is 1. The van der Waals surface area contributed by atoms with Gasteiger partial charge >= 0.3 is 5.97 Å². The van der Waals surface area contributed by atoms with Gasteiger partial charge in [-0.25, -0.2) is 0 Å². The van der Waals surface area contributed by atoms with Crippen LogP contribution in [0.15, 0.2) is 0 Å². The number of rotatable bonds is 11. The van der Waals surface area contributed by atoms with Crippen LogP contribution in [0.1, 0.15) is 32.6 Å². The Bertz CT molecular complexity index is 300. The van der Waals surface area contributed by atoms with E-state index in [9.17, 15) is 4.79 Å². The van der Waals surface area contributed by atoms with Crippen molar-refractivity contribution in [1.82, 2.24) is 5.32 Å². The quantitative estimate of drug-likeness (QED) is 0.456. The fraction of sp³-hybridized carbons (Fsp3) is 0.933. The van der Waals surface area contributed by atoms with E-state index in [1.807, 2.05) is 0 Å². The summed E-state index contributed by atoms with van der Waals surface area (Å²) in [7, 11) is 3.09. The normalized spacial score (nSPS) is 25.2. The van der Waals surface area contributed by atoms with Crippen molar-refractivity contribution in [2.45, 2.75) is 44.2 Å². The first kappa shape index (κ1) is 18.4. The monoisotopic (exact) mass is 303 g/mol. The Morgan fingerprint density at radius 2 is 2.00 bits per heavy atom. The highest BCUT2D eigenvalue weighted by molar-refractivity contribution is 5.81. The topological polar surface area (TPSA) is 66.0 Å². The molecule has 2 unspecified atom stereocenters. The van der Waals surface area contributed by atoms with Crippen LogP contribution in [0.2, 0.25) is 0 Å². The third kappa shape index (κ3) is 5.90. The molecule has 0 aliphatic heterocycles. The second-order valence-electron chi connectivity index (χ2n) is 5.34. The Hall–Kier alpha value is -0.690. The molecule has 1 N–H and O–H groups in total. The summed E-state index contributed by atoms with van der Waals surface area (Å²) in [4.78, 5) is 12.1. The van der Waals surface area contributed by atoms with Gasteiger partial charge in [-0.3, -0.25) is 4.79 Å². The number of hydrogen-bond acceptors (Lipinski definition) is 6. The second-order valence-corrected chi connectivity index (χ2v) is 5.34. The minimum atomic E-state index is -0.577. The zero-order chi connectivity index (χ0) is 15.6. The number of carbonyl (C=O) groups is 1. The molecule has 1 saturated carbocycles. The fourth-order valence-corrected chi connectivity index (χ4v) is 2.64. The molecule has 0 radical (unpaired) electrons. The lowest BCUT2D eigenvalue weighted by atomic mass is 9.97. The molecule has 0 heterocycles. The SMILES string of the molecule is CCCNC1(C(=O)OC)CCC(OCCOCCOC)C1. The van der Waals surface area contributed by atoms with Crippen LogP contribution in [0.25, 0.3) is 0 Å². The largest absolute Gasteiger partial charge is 0.468 e. The smallest absolute Gasteiger partial charge is 0.326 e. The van der Waals surface area contributed by atoms with E-state index in [4.69, 9.17) is 18.9 Å². The minimum Gasteiger partial charge on any atom is -0.468 e. The molecule has 1 aliphatic rings. The van der Waals surface area contributed by atoms with Gasteiger partial charge in [-0.2, -0.15) is 0 Å². The summed E-state index contributed by atoms with van der Waals surface area (Å²) in [6, 6.07) is 0. The van der Waals surface area contributed by atoms with Crippen LogP contribution < -0.4 is 5.32 Å². The fourth-order valence-electron chi connectivity index (χ4n) is 2.64. The summed E-state index contributed by atoms with van der Waals surface area (Å²) >= 11 is 0. The first-order valence-corrected chi connectivity index (χ1v) is 7.70. The highest BCUT2D eigenvalue weighted by Gasteiger charge is 2.46. The maximum Gasteiger partial charge on any atom is 0.326 e. The molecule has 0 aromatic heterocycles. The first-order chi connectivity index (χ1) is 10.2. The Morgan fingerprint density at radius 3 is 2.67 bits per heavy atom. The van der Waals surface area contributed by atoms with Crippen molar-refractivity contribution < 1.29 is 23.7 Å². The van der Waals surface area contributed by atoms with Gasteiger partial charge in [-0.05, 0) is 25.8 Å². The number of nitrogens with one attached hydrogen (secondary N) is 1. The van der Waals surface area contributed by atoms with Crippen LogP contribution in [0, 0.1) is 0 Å². The summed E-state index contributed by atoms with van der Waals surface area (Å²) in [5.41, 5.74) is -0.577. The van der Waals surface area contributed by atoms with Crippen molar-refractivity contribution >= 4 is 5.97 Å². The molecule has 124 valence electrons. The highest BCUT2D eigenvalue weighted by Crippen LogP contribution is 2.33. The first-order valence-electron chi connectivity index (χ1n) is 7.70. The maximum absolute atomic E-state index is 12.1. The average molecular weight is 303 g/mol. The van der Waals surface area contributed by atoms with E-state index < -0.39 is 5.54 Å². The molecule has 0 saturated heterocycles. The molecule has 0 aromatic rings. The standard InChI is InChI=1S/C15H29NO5/c1-4-7-16-15(14(17)19-3)6-5-13(12-15)21-11-10-20-9-8-18-2/h13,16H,4-12H2,1-3H3. The third-order valence-corrected chi connectivity index (χ3v) is 3.77. The van der Waals surface area contributed by atoms with Crippen LogP contribution in [-0.2, 0) is 23.7 Å². The zero-order valence-electron chi connectivity index (χ0n) is 13.5. The van der Waals surface area contributed by atoms with Gasteiger partial charge < -0.3 is 24.3 Å². The van der Waals surface area contributed by atoms with Crippen LogP contribution in [0.3, 0.4) is 0 Å². The Balaban J connectivity index is 2.31. The maximum atomic E-state index is 12.1. The lowest BCUT2D eigenvalue weighted by Crippen LogP contribution is -2.51. The Morgan fingerprint density at radius 1 is 1.24 bits per heavy atom. The lowest BCUT2D eigenvalue weighted by molar-refractivity contribution is -0.149. The van der Waals surface area contributed by atoms with Crippen LogP contribution in [0.4, 0.5) is 0 Å². The number of methoxy groups -OCH3 is 2. The van der Waals surface area contributed by atoms with Crippen molar-refractivity contribution in [2.75, 3.05) is 47.2 Å². The van der Waals surface area contributed by atoms with Gasteiger partial charge in [0.25, 0.3) is 0 Å². The predicted molar refractivity (Wildman–Crippen MR) is 79.3 cm³/mol. The average Bonchev–Trinajstić information content (AvgIpc) is 2.92. The van der Waals surface area contributed by atoms with E-state index in [0.717, 1.165) is 25.8 Å². The van der Waals surface area contributed by atoms with Crippen molar-refractivity contribution in [3.63, 3.8) is 0 Å². The van der Waals surface area contributed by atoms with E-state index in [0.29, 0.717) is 32.8 Å². The van der Waals surface area contributed by atoms with Crippen LogP contribution >= 0.6 is 0 Å². The van der Waals surface area contributed by atoms with Gasteiger partial charge in [0.05, 0.1) is 39.6 Å².